The molecule has 0 saturated heterocycles. The first-order valence-electron chi connectivity index (χ1n) is 10.4. The Morgan fingerprint density at radius 3 is 2.71 bits per heavy atom. The molecule has 1 aliphatic heterocycles. The Labute approximate surface area is 179 Å². The van der Waals surface area contributed by atoms with Crippen molar-refractivity contribution in [1.82, 2.24) is 20.0 Å². The summed E-state index contributed by atoms with van der Waals surface area (Å²) < 4.78 is 19.0. The Hall–Kier alpha value is -3.62. The summed E-state index contributed by atoms with van der Waals surface area (Å²) in [6.07, 6.45) is 5.48. The number of amides is 1. The van der Waals surface area contributed by atoms with E-state index in [1.165, 1.54) is 6.20 Å². The third-order valence-electron chi connectivity index (χ3n) is 5.55. The summed E-state index contributed by atoms with van der Waals surface area (Å²) in [5.74, 6) is 1.54. The molecule has 9 nitrogen and oxygen atoms in total. The van der Waals surface area contributed by atoms with Gasteiger partial charge in [0.1, 0.15) is 0 Å². The number of rotatable bonds is 5. The summed E-state index contributed by atoms with van der Waals surface area (Å²) in [5.41, 5.74) is 1.73. The van der Waals surface area contributed by atoms with Crippen molar-refractivity contribution in [2.75, 3.05) is 11.9 Å². The lowest BCUT2D eigenvalue weighted by Gasteiger charge is -2.21. The average molecular weight is 421 g/mol. The molecule has 5 rings (SSSR count). The number of nitrogens with zero attached hydrogens (tertiary/aromatic N) is 4. The van der Waals surface area contributed by atoms with E-state index in [0.717, 1.165) is 31.4 Å². The van der Waals surface area contributed by atoms with Crippen LogP contribution in [-0.4, -0.2) is 38.3 Å². The number of ether oxygens (including phenoxy) is 3. The first-order chi connectivity index (χ1) is 15.1. The third-order valence-corrected chi connectivity index (χ3v) is 5.55. The van der Waals surface area contributed by atoms with Crippen LogP contribution >= 0.6 is 0 Å². The van der Waals surface area contributed by atoms with Gasteiger partial charge in [0, 0.05) is 30.7 Å². The zero-order valence-electron chi connectivity index (χ0n) is 17.4. The van der Waals surface area contributed by atoms with Gasteiger partial charge in [-0.2, -0.15) is 5.10 Å². The van der Waals surface area contributed by atoms with Gasteiger partial charge in [-0.3, -0.25) is 4.79 Å². The molecular formula is C22H23N5O4. The van der Waals surface area contributed by atoms with Gasteiger partial charge in [-0.15, -0.1) is 10.2 Å². The van der Waals surface area contributed by atoms with E-state index in [0.29, 0.717) is 41.0 Å². The molecule has 160 valence electrons. The SMILES string of the molecule is CCOc1ccc(-n2ncc(C(=O)Nc3ccc4c(c3)OC3(CCCC3)O4)c2C)nn1. The second-order valence-corrected chi connectivity index (χ2v) is 7.66. The maximum Gasteiger partial charge on any atom is 0.259 e. The van der Waals surface area contributed by atoms with Crippen molar-refractivity contribution in [1.29, 1.82) is 0 Å². The Morgan fingerprint density at radius 1 is 1.16 bits per heavy atom. The van der Waals surface area contributed by atoms with Crippen LogP contribution < -0.4 is 19.5 Å². The third kappa shape index (κ3) is 3.56. The zero-order valence-corrected chi connectivity index (χ0v) is 17.4. The van der Waals surface area contributed by atoms with E-state index in [2.05, 4.69) is 20.6 Å². The van der Waals surface area contributed by atoms with Crippen LogP contribution in [0.2, 0.25) is 0 Å². The van der Waals surface area contributed by atoms with E-state index >= 15 is 0 Å². The van der Waals surface area contributed by atoms with Crippen LogP contribution in [0.5, 0.6) is 17.4 Å². The molecule has 9 heteroatoms. The predicted octanol–water partition coefficient (Wildman–Crippen LogP) is 3.66. The van der Waals surface area contributed by atoms with Gasteiger partial charge in [0.15, 0.2) is 17.3 Å². The van der Waals surface area contributed by atoms with Gasteiger partial charge in [-0.05, 0) is 44.9 Å². The molecule has 3 aromatic rings. The van der Waals surface area contributed by atoms with Crippen LogP contribution in [0, 0.1) is 6.92 Å². The number of nitrogens with one attached hydrogen (secondary N) is 1. The molecule has 0 radical (unpaired) electrons. The minimum atomic E-state index is -0.526. The molecule has 2 aromatic heterocycles. The van der Waals surface area contributed by atoms with Crippen molar-refractivity contribution in [3.05, 3.63) is 47.8 Å². The molecule has 0 bridgehead atoms. The lowest BCUT2D eigenvalue weighted by Crippen LogP contribution is -2.34. The minimum absolute atomic E-state index is 0.267. The predicted molar refractivity (Wildman–Crippen MR) is 112 cm³/mol. The van der Waals surface area contributed by atoms with Crippen LogP contribution in [0.25, 0.3) is 5.82 Å². The maximum absolute atomic E-state index is 12.9. The van der Waals surface area contributed by atoms with E-state index in [1.807, 2.05) is 26.0 Å². The Balaban J connectivity index is 1.32. The fraction of sp³-hybridized carbons (Fsp3) is 0.364. The standard InChI is InChI=1S/C22H23N5O4/c1-3-29-20-9-8-19(25-26-20)27-14(2)16(13-23-27)21(28)24-15-6-7-17-18(12-15)31-22(30-17)10-4-5-11-22/h6-9,12-13H,3-5,10-11H2,1-2H3,(H,24,28). The molecule has 3 heterocycles. The molecule has 31 heavy (non-hydrogen) atoms. The number of anilines is 1. The molecule has 1 aliphatic carbocycles. The summed E-state index contributed by atoms with van der Waals surface area (Å²) in [6, 6.07) is 8.92. The molecule has 0 atom stereocenters. The quantitative estimate of drug-likeness (QED) is 0.671. The monoisotopic (exact) mass is 421 g/mol. The molecule has 1 N–H and O–H groups in total. The van der Waals surface area contributed by atoms with Gasteiger partial charge in [0.2, 0.25) is 5.88 Å². The topological polar surface area (TPSA) is 100 Å². The average Bonchev–Trinajstić information content (AvgIpc) is 3.47. The second kappa shape index (κ2) is 7.57. The molecular weight excluding hydrogens is 398 g/mol. The lowest BCUT2D eigenvalue weighted by atomic mass is 10.2. The molecule has 1 amide bonds. The molecule has 1 spiro atoms. The normalized spacial score (nSPS) is 15.9. The number of hydrogen-bond acceptors (Lipinski definition) is 7. The molecule has 2 aliphatic rings. The van der Waals surface area contributed by atoms with Crippen molar-refractivity contribution >= 4 is 11.6 Å². The lowest BCUT2D eigenvalue weighted by molar-refractivity contribution is -0.0716. The molecule has 1 fully saturated rings. The first kappa shape index (κ1) is 19.3. The van der Waals surface area contributed by atoms with Crippen LogP contribution in [0.1, 0.15) is 48.7 Å². The van der Waals surface area contributed by atoms with E-state index in [1.54, 1.807) is 22.9 Å². The van der Waals surface area contributed by atoms with Crippen molar-refractivity contribution in [2.45, 2.75) is 45.3 Å². The maximum atomic E-state index is 12.9. The van der Waals surface area contributed by atoms with E-state index in [9.17, 15) is 4.79 Å². The highest BCUT2D eigenvalue weighted by Gasteiger charge is 2.44. The number of hydrogen-bond donors (Lipinski definition) is 1. The number of carbonyl (C=O) groups excluding carboxylic acids is 1. The Morgan fingerprint density at radius 2 is 1.97 bits per heavy atom. The van der Waals surface area contributed by atoms with Crippen LogP contribution in [-0.2, 0) is 0 Å². The molecule has 1 saturated carbocycles. The minimum Gasteiger partial charge on any atom is -0.477 e. The summed E-state index contributed by atoms with van der Waals surface area (Å²) >= 11 is 0. The van der Waals surface area contributed by atoms with E-state index in [4.69, 9.17) is 14.2 Å². The smallest absolute Gasteiger partial charge is 0.259 e. The highest BCUT2D eigenvalue weighted by molar-refractivity contribution is 6.05. The summed E-state index contributed by atoms with van der Waals surface area (Å²) in [6.45, 7) is 4.20. The van der Waals surface area contributed by atoms with Gasteiger partial charge in [0.05, 0.1) is 24.1 Å². The number of aromatic nitrogens is 4. The molecule has 0 unspecified atom stereocenters. The Kier molecular flexibility index (Phi) is 4.72. The zero-order chi connectivity index (χ0) is 21.4. The number of fused-ring (bicyclic) bond motifs is 1. The fourth-order valence-electron chi connectivity index (χ4n) is 4.00. The van der Waals surface area contributed by atoms with Crippen LogP contribution in [0.3, 0.4) is 0 Å². The highest BCUT2D eigenvalue weighted by Crippen LogP contribution is 2.47. The summed E-state index contributed by atoms with van der Waals surface area (Å²) in [7, 11) is 0. The number of carbonyl (C=O) groups is 1. The van der Waals surface area contributed by atoms with Gasteiger partial charge >= 0.3 is 0 Å². The molecule has 1 aromatic carbocycles. The van der Waals surface area contributed by atoms with Crippen LogP contribution in [0.15, 0.2) is 36.5 Å². The van der Waals surface area contributed by atoms with Crippen molar-refractivity contribution < 1.29 is 19.0 Å². The van der Waals surface area contributed by atoms with Gasteiger partial charge in [-0.1, -0.05) is 0 Å². The number of benzene rings is 1. The fourth-order valence-corrected chi connectivity index (χ4v) is 4.00. The first-order valence-corrected chi connectivity index (χ1v) is 10.4. The van der Waals surface area contributed by atoms with Crippen LogP contribution in [0.4, 0.5) is 5.69 Å². The summed E-state index contributed by atoms with van der Waals surface area (Å²) in [5, 5.41) is 15.3. The largest absolute Gasteiger partial charge is 0.477 e. The Bertz CT molecular complexity index is 1120. The van der Waals surface area contributed by atoms with Crippen molar-refractivity contribution in [3.8, 4) is 23.2 Å². The van der Waals surface area contributed by atoms with Crippen molar-refractivity contribution in [3.63, 3.8) is 0 Å². The van der Waals surface area contributed by atoms with Crippen molar-refractivity contribution in [2.24, 2.45) is 0 Å². The van der Waals surface area contributed by atoms with E-state index in [-0.39, 0.29) is 5.91 Å². The second-order valence-electron chi connectivity index (χ2n) is 7.66. The van der Waals surface area contributed by atoms with Gasteiger partial charge in [0.25, 0.3) is 11.7 Å². The summed E-state index contributed by atoms with van der Waals surface area (Å²) in [4.78, 5) is 12.9. The van der Waals surface area contributed by atoms with Gasteiger partial charge in [-0.25, -0.2) is 4.68 Å². The highest BCUT2D eigenvalue weighted by atomic mass is 16.7. The van der Waals surface area contributed by atoms with Gasteiger partial charge < -0.3 is 19.5 Å². The van der Waals surface area contributed by atoms with E-state index < -0.39 is 5.79 Å².